The van der Waals surface area contributed by atoms with Gasteiger partial charge in [-0.1, -0.05) is 18.5 Å². The summed E-state index contributed by atoms with van der Waals surface area (Å²) in [5.74, 6) is -0.755. The van der Waals surface area contributed by atoms with Crippen molar-refractivity contribution in [3.05, 3.63) is 46.2 Å². The number of carbonyl (C=O) groups is 1. The molecule has 0 spiro atoms. The fraction of sp³-hybridized carbons (Fsp3) is 0.500. The zero-order valence-electron chi connectivity index (χ0n) is 16.1. The number of aryl methyl sites for hydroxylation is 1. The van der Waals surface area contributed by atoms with Crippen LogP contribution in [-0.4, -0.2) is 50.9 Å². The lowest BCUT2D eigenvalue weighted by Crippen LogP contribution is -2.53. The zero-order valence-corrected chi connectivity index (χ0v) is 16.8. The van der Waals surface area contributed by atoms with Gasteiger partial charge >= 0.3 is 5.97 Å². The summed E-state index contributed by atoms with van der Waals surface area (Å²) in [6, 6.07) is 8.47. The van der Waals surface area contributed by atoms with E-state index in [-0.39, 0.29) is 6.54 Å². The summed E-state index contributed by atoms with van der Waals surface area (Å²) in [6.45, 7) is 7.80. The third-order valence-electron chi connectivity index (χ3n) is 5.45. The van der Waals surface area contributed by atoms with Crippen molar-refractivity contribution in [1.82, 2.24) is 20.0 Å². The van der Waals surface area contributed by atoms with Gasteiger partial charge in [0, 0.05) is 34.9 Å². The Bertz CT molecular complexity index is 797. The molecule has 3 rings (SSSR count). The number of nitrogens with one attached hydrogen (secondary N) is 1. The molecule has 1 aromatic carbocycles. The first-order chi connectivity index (χ1) is 12.9. The lowest BCUT2D eigenvalue weighted by atomic mass is 9.85. The molecule has 27 heavy (non-hydrogen) atoms. The van der Waals surface area contributed by atoms with Crippen molar-refractivity contribution in [1.29, 1.82) is 0 Å². The Balaban J connectivity index is 1.58. The minimum atomic E-state index is -0.755. The van der Waals surface area contributed by atoms with Gasteiger partial charge in [-0.3, -0.25) is 9.69 Å². The summed E-state index contributed by atoms with van der Waals surface area (Å²) in [7, 11) is 0. The second-order valence-corrected chi connectivity index (χ2v) is 7.63. The smallest absolute Gasteiger partial charge is 0.317 e. The number of hydrogen-bond donors (Lipinski definition) is 2. The molecule has 0 atom stereocenters. The van der Waals surface area contributed by atoms with E-state index >= 15 is 0 Å². The second kappa shape index (κ2) is 8.42. The maximum absolute atomic E-state index is 10.9. The average Bonchev–Trinajstić information content (AvgIpc) is 2.87. The summed E-state index contributed by atoms with van der Waals surface area (Å²) < 4.78 is 1.96. The first-order valence-electron chi connectivity index (χ1n) is 9.39. The molecule has 1 heterocycles. The molecule has 7 heteroatoms. The van der Waals surface area contributed by atoms with E-state index in [1.165, 1.54) is 5.56 Å². The van der Waals surface area contributed by atoms with Gasteiger partial charge in [-0.2, -0.15) is 5.10 Å². The summed E-state index contributed by atoms with van der Waals surface area (Å²) in [6.07, 6.45) is 1.98. The number of benzene rings is 1. The fourth-order valence-electron chi connectivity index (χ4n) is 3.74. The zero-order chi connectivity index (χ0) is 19.6. The molecule has 1 aliphatic rings. The van der Waals surface area contributed by atoms with Crippen LogP contribution in [-0.2, 0) is 11.3 Å². The van der Waals surface area contributed by atoms with Crippen molar-refractivity contribution in [2.45, 2.75) is 52.2 Å². The normalized spacial score (nSPS) is 19.3. The summed E-state index contributed by atoms with van der Waals surface area (Å²) in [5, 5.41) is 18.0. The maximum Gasteiger partial charge on any atom is 0.317 e. The Morgan fingerprint density at radius 2 is 2.00 bits per heavy atom. The van der Waals surface area contributed by atoms with Gasteiger partial charge < -0.3 is 10.4 Å². The van der Waals surface area contributed by atoms with Crippen LogP contribution >= 0.6 is 11.6 Å². The van der Waals surface area contributed by atoms with Gasteiger partial charge in [-0.25, -0.2) is 4.68 Å². The van der Waals surface area contributed by atoms with E-state index in [1.54, 1.807) is 0 Å². The molecule has 0 amide bonds. The van der Waals surface area contributed by atoms with Crippen LogP contribution < -0.4 is 5.32 Å². The SMILES string of the molecule is CCN(CC(=O)O)C1CC(NCc2c(C)nn(-c3ccc(Cl)cc3)c2C)C1. The van der Waals surface area contributed by atoms with E-state index in [9.17, 15) is 4.79 Å². The highest BCUT2D eigenvalue weighted by Gasteiger charge is 2.33. The van der Waals surface area contributed by atoms with Gasteiger partial charge in [-0.05, 0) is 57.5 Å². The number of aliphatic carboxylic acids is 1. The van der Waals surface area contributed by atoms with Crippen LogP contribution in [0.4, 0.5) is 0 Å². The van der Waals surface area contributed by atoms with E-state index in [4.69, 9.17) is 16.7 Å². The fourth-order valence-corrected chi connectivity index (χ4v) is 3.86. The predicted octanol–water partition coefficient (Wildman–Crippen LogP) is 3.17. The van der Waals surface area contributed by atoms with Gasteiger partial charge in [-0.15, -0.1) is 0 Å². The molecular weight excluding hydrogens is 364 g/mol. The molecule has 1 fully saturated rings. The quantitative estimate of drug-likeness (QED) is 0.724. The summed E-state index contributed by atoms with van der Waals surface area (Å²) >= 11 is 5.98. The first-order valence-corrected chi connectivity index (χ1v) is 9.77. The van der Waals surface area contributed by atoms with Gasteiger partial charge in [0.1, 0.15) is 0 Å². The highest BCUT2D eigenvalue weighted by Crippen LogP contribution is 2.27. The van der Waals surface area contributed by atoms with Crippen molar-refractivity contribution >= 4 is 17.6 Å². The van der Waals surface area contributed by atoms with Crippen LogP contribution in [0, 0.1) is 13.8 Å². The Kier molecular flexibility index (Phi) is 6.19. The Morgan fingerprint density at radius 1 is 1.33 bits per heavy atom. The van der Waals surface area contributed by atoms with Crippen molar-refractivity contribution in [2.75, 3.05) is 13.1 Å². The molecule has 2 aromatic rings. The third kappa shape index (κ3) is 4.51. The molecule has 2 N–H and O–H groups in total. The molecule has 0 unspecified atom stereocenters. The van der Waals surface area contributed by atoms with E-state index in [0.29, 0.717) is 17.1 Å². The minimum absolute atomic E-state index is 0.125. The van der Waals surface area contributed by atoms with Crippen LogP contribution in [0.1, 0.15) is 36.7 Å². The maximum atomic E-state index is 10.9. The molecule has 0 saturated heterocycles. The van der Waals surface area contributed by atoms with E-state index in [2.05, 4.69) is 17.3 Å². The first kappa shape index (κ1) is 19.9. The van der Waals surface area contributed by atoms with Gasteiger partial charge in [0.15, 0.2) is 0 Å². The predicted molar refractivity (Wildman–Crippen MR) is 107 cm³/mol. The standard InChI is InChI=1S/C20H27ClN4O2/c1-4-24(12-20(26)27)18-9-16(10-18)22-11-19-13(2)23-25(14(19)3)17-7-5-15(21)6-8-17/h5-8,16,18,22H,4,9-12H2,1-3H3,(H,26,27). The monoisotopic (exact) mass is 390 g/mol. The highest BCUT2D eigenvalue weighted by atomic mass is 35.5. The number of aromatic nitrogens is 2. The number of halogens is 1. The van der Waals surface area contributed by atoms with E-state index in [0.717, 1.165) is 43.0 Å². The number of carboxylic acid groups (broad SMARTS) is 1. The Labute approximate surface area is 165 Å². The second-order valence-electron chi connectivity index (χ2n) is 7.20. The molecule has 1 aromatic heterocycles. The number of likely N-dealkylation sites (N-methyl/N-ethyl adjacent to an activating group) is 1. The minimum Gasteiger partial charge on any atom is -0.480 e. The third-order valence-corrected chi connectivity index (χ3v) is 5.71. The Hall–Kier alpha value is -1.89. The van der Waals surface area contributed by atoms with Crippen LogP contribution in [0.3, 0.4) is 0 Å². The lowest BCUT2D eigenvalue weighted by Gasteiger charge is -2.42. The summed E-state index contributed by atoms with van der Waals surface area (Å²) in [5.41, 5.74) is 4.36. The molecular formula is C20H27ClN4O2. The molecule has 1 saturated carbocycles. The average molecular weight is 391 g/mol. The van der Waals surface area contributed by atoms with E-state index < -0.39 is 5.97 Å². The molecule has 0 aliphatic heterocycles. The number of rotatable bonds is 8. The van der Waals surface area contributed by atoms with Gasteiger partial charge in [0.05, 0.1) is 17.9 Å². The molecule has 1 aliphatic carbocycles. The largest absolute Gasteiger partial charge is 0.480 e. The van der Waals surface area contributed by atoms with Crippen LogP contribution in [0.25, 0.3) is 5.69 Å². The van der Waals surface area contributed by atoms with Crippen molar-refractivity contribution in [3.8, 4) is 5.69 Å². The van der Waals surface area contributed by atoms with Crippen molar-refractivity contribution < 1.29 is 9.90 Å². The van der Waals surface area contributed by atoms with Gasteiger partial charge in [0.2, 0.25) is 0 Å². The number of nitrogens with zero attached hydrogens (tertiary/aromatic N) is 3. The van der Waals surface area contributed by atoms with Crippen molar-refractivity contribution in [2.24, 2.45) is 0 Å². The Morgan fingerprint density at radius 3 is 2.59 bits per heavy atom. The van der Waals surface area contributed by atoms with Gasteiger partial charge in [0.25, 0.3) is 0 Å². The topological polar surface area (TPSA) is 70.4 Å². The van der Waals surface area contributed by atoms with E-state index in [1.807, 2.05) is 47.7 Å². The molecule has 146 valence electrons. The molecule has 0 radical (unpaired) electrons. The lowest BCUT2D eigenvalue weighted by molar-refractivity contribution is -0.139. The van der Waals surface area contributed by atoms with Crippen LogP contribution in [0.15, 0.2) is 24.3 Å². The van der Waals surface area contributed by atoms with Crippen LogP contribution in [0.2, 0.25) is 5.02 Å². The highest BCUT2D eigenvalue weighted by molar-refractivity contribution is 6.30. The number of carboxylic acids is 1. The van der Waals surface area contributed by atoms with Crippen molar-refractivity contribution in [3.63, 3.8) is 0 Å². The summed E-state index contributed by atoms with van der Waals surface area (Å²) in [4.78, 5) is 13.0. The molecule has 6 nitrogen and oxygen atoms in total. The molecule has 0 bridgehead atoms. The van der Waals surface area contributed by atoms with Crippen LogP contribution in [0.5, 0.6) is 0 Å². The number of hydrogen-bond acceptors (Lipinski definition) is 4.